The predicted molar refractivity (Wildman–Crippen MR) is 93.6 cm³/mol. The van der Waals surface area contributed by atoms with Crippen molar-refractivity contribution >= 4 is 22.9 Å². The molecule has 126 valence electrons. The summed E-state index contributed by atoms with van der Waals surface area (Å²) in [5, 5.41) is 14.5. The number of aromatic hydroxyl groups is 1. The van der Waals surface area contributed by atoms with E-state index in [0.717, 1.165) is 28.2 Å². The highest BCUT2D eigenvalue weighted by atomic mass is 35.5. The lowest BCUT2D eigenvalue weighted by atomic mass is 10.1. The smallest absolute Gasteiger partial charge is 0.307 e. The number of aryl methyl sites for hydroxylation is 2. The van der Waals surface area contributed by atoms with Crippen LogP contribution < -0.4 is 9.61 Å². The fourth-order valence-electron chi connectivity index (χ4n) is 2.38. The van der Waals surface area contributed by atoms with Crippen molar-refractivity contribution in [2.75, 3.05) is 0 Å². The fourth-order valence-corrected chi connectivity index (χ4v) is 3.30. The van der Waals surface area contributed by atoms with Crippen molar-refractivity contribution in [3.63, 3.8) is 0 Å². The molecule has 0 spiro atoms. The Kier molecular flexibility index (Phi) is 4.38. The van der Waals surface area contributed by atoms with E-state index in [1.807, 2.05) is 27.0 Å². The van der Waals surface area contributed by atoms with Gasteiger partial charge in [-0.25, -0.2) is 4.68 Å². The van der Waals surface area contributed by atoms with Crippen molar-refractivity contribution in [2.45, 2.75) is 20.3 Å². The van der Waals surface area contributed by atoms with Crippen LogP contribution in [0.3, 0.4) is 0 Å². The van der Waals surface area contributed by atoms with E-state index in [9.17, 15) is 9.90 Å². The van der Waals surface area contributed by atoms with E-state index in [0.29, 0.717) is 28.0 Å². The molecule has 1 aromatic carbocycles. The molecule has 0 aliphatic rings. The van der Waals surface area contributed by atoms with Gasteiger partial charge in [0.2, 0.25) is 11.8 Å². The summed E-state index contributed by atoms with van der Waals surface area (Å²) < 4.78 is 7.61. The number of nitrogens with one attached hydrogen (secondary N) is 1. The topological polar surface area (TPSA) is 80.1 Å². The quantitative estimate of drug-likeness (QED) is 0.741. The molecule has 24 heavy (non-hydrogen) atoms. The number of benzene rings is 1. The molecule has 0 unspecified atom stereocenters. The molecule has 0 bridgehead atoms. The first-order chi connectivity index (χ1) is 11.3. The second kappa shape index (κ2) is 6.33. The molecule has 3 aromatic rings. The first kappa shape index (κ1) is 16.6. The number of H-pyrrole nitrogens is 1. The van der Waals surface area contributed by atoms with E-state index in [-0.39, 0.29) is 10.8 Å². The zero-order valence-electron chi connectivity index (χ0n) is 13.4. The molecule has 2 N–H and O–H groups in total. The predicted octanol–water partition coefficient (Wildman–Crippen LogP) is 3.53. The number of hydrogen-bond acceptors (Lipinski definition) is 5. The van der Waals surface area contributed by atoms with Gasteiger partial charge in [0.25, 0.3) is 0 Å². The van der Waals surface area contributed by atoms with Crippen LogP contribution in [0.4, 0.5) is 0 Å². The number of nitrogens with zero attached hydrogens (tertiary/aromatic N) is 2. The highest BCUT2D eigenvalue weighted by Gasteiger charge is 2.14. The van der Waals surface area contributed by atoms with Crippen LogP contribution in [0.1, 0.15) is 21.7 Å². The minimum atomic E-state index is -0.283. The van der Waals surface area contributed by atoms with Crippen LogP contribution in [-0.4, -0.2) is 19.9 Å². The molecule has 0 saturated heterocycles. The van der Waals surface area contributed by atoms with Crippen LogP contribution in [0.5, 0.6) is 17.5 Å². The van der Waals surface area contributed by atoms with Gasteiger partial charge in [0.05, 0.1) is 15.6 Å². The van der Waals surface area contributed by atoms with E-state index in [4.69, 9.17) is 16.3 Å². The molecule has 0 aliphatic heterocycles. The number of aromatic nitrogens is 3. The monoisotopic (exact) mass is 365 g/mol. The van der Waals surface area contributed by atoms with Gasteiger partial charge in [-0.15, -0.1) is 0 Å². The summed E-state index contributed by atoms with van der Waals surface area (Å²) >= 11 is 7.22. The van der Waals surface area contributed by atoms with E-state index in [1.54, 1.807) is 16.8 Å². The van der Waals surface area contributed by atoms with Crippen LogP contribution in [0.25, 0.3) is 0 Å². The Hall–Kier alpha value is -2.25. The number of aromatic amines is 1. The van der Waals surface area contributed by atoms with E-state index in [1.165, 1.54) is 0 Å². The third kappa shape index (κ3) is 3.18. The average molecular weight is 366 g/mol. The van der Waals surface area contributed by atoms with Gasteiger partial charge in [-0.1, -0.05) is 29.0 Å². The van der Waals surface area contributed by atoms with Crippen LogP contribution in [0.15, 0.2) is 23.0 Å². The largest absolute Gasteiger partial charge is 0.494 e. The minimum Gasteiger partial charge on any atom is -0.494 e. The Morgan fingerprint density at radius 2 is 2.17 bits per heavy atom. The standard InChI is InChI=1S/C16H16ClN3O3S/c1-8-9(2)19-20(3)15(8)23-12-6-10(4-5-11(12)17)7-13-14(21)18-16(22)24-13/h4-6,21H,7H2,1-3H3,(H,18,22). The molecule has 8 heteroatoms. The molecule has 2 heterocycles. The summed E-state index contributed by atoms with van der Waals surface area (Å²) in [5.74, 6) is 1.03. The van der Waals surface area contributed by atoms with E-state index in [2.05, 4.69) is 10.1 Å². The van der Waals surface area contributed by atoms with Crippen molar-refractivity contribution in [2.24, 2.45) is 7.05 Å². The maximum absolute atomic E-state index is 11.3. The first-order valence-corrected chi connectivity index (χ1v) is 8.42. The minimum absolute atomic E-state index is 0.0967. The molecule has 0 aliphatic carbocycles. The Morgan fingerprint density at radius 3 is 2.75 bits per heavy atom. The summed E-state index contributed by atoms with van der Waals surface area (Å²) in [6, 6.07) is 5.37. The van der Waals surface area contributed by atoms with Gasteiger partial charge in [-0.2, -0.15) is 5.10 Å². The summed E-state index contributed by atoms with van der Waals surface area (Å²) in [6.45, 7) is 3.85. The molecule has 0 fully saturated rings. The van der Waals surface area contributed by atoms with Gasteiger partial charge in [0.15, 0.2) is 0 Å². The summed E-state index contributed by atoms with van der Waals surface area (Å²) in [6.07, 6.45) is 0.409. The van der Waals surface area contributed by atoms with Crippen LogP contribution >= 0.6 is 22.9 Å². The Labute approximate surface area is 147 Å². The van der Waals surface area contributed by atoms with Crippen molar-refractivity contribution < 1.29 is 9.84 Å². The van der Waals surface area contributed by atoms with Crippen molar-refractivity contribution in [3.05, 3.63) is 54.6 Å². The van der Waals surface area contributed by atoms with Crippen molar-refractivity contribution in [3.8, 4) is 17.5 Å². The second-order valence-corrected chi connectivity index (χ2v) is 6.94. The number of rotatable bonds is 4. The summed E-state index contributed by atoms with van der Waals surface area (Å²) in [5.41, 5.74) is 2.71. The van der Waals surface area contributed by atoms with E-state index >= 15 is 0 Å². The molecule has 6 nitrogen and oxygen atoms in total. The summed E-state index contributed by atoms with van der Waals surface area (Å²) in [4.78, 5) is 13.9. The zero-order chi connectivity index (χ0) is 17.4. The van der Waals surface area contributed by atoms with Crippen LogP contribution in [0, 0.1) is 13.8 Å². The molecule has 2 aromatic heterocycles. The van der Waals surface area contributed by atoms with Crippen LogP contribution in [-0.2, 0) is 13.5 Å². The summed E-state index contributed by atoms with van der Waals surface area (Å²) in [7, 11) is 1.81. The van der Waals surface area contributed by atoms with Gasteiger partial charge >= 0.3 is 4.87 Å². The van der Waals surface area contributed by atoms with Gasteiger partial charge in [0.1, 0.15) is 5.75 Å². The second-order valence-electron chi connectivity index (χ2n) is 5.47. The molecular weight excluding hydrogens is 350 g/mol. The normalized spacial score (nSPS) is 11.0. The van der Waals surface area contributed by atoms with Gasteiger partial charge in [-0.05, 0) is 31.5 Å². The fraction of sp³-hybridized carbons (Fsp3) is 0.250. The number of halogens is 1. The average Bonchev–Trinajstić information content (AvgIpc) is 2.95. The van der Waals surface area contributed by atoms with E-state index < -0.39 is 0 Å². The highest BCUT2D eigenvalue weighted by molar-refractivity contribution is 7.09. The van der Waals surface area contributed by atoms with Gasteiger partial charge < -0.3 is 9.84 Å². The lowest BCUT2D eigenvalue weighted by molar-refractivity contribution is 0.427. The Balaban J connectivity index is 1.91. The Morgan fingerprint density at radius 1 is 1.42 bits per heavy atom. The molecular formula is C16H16ClN3O3S. The maximum atomic E-state index is 11.3. The number of hydrogen-bond donors (Lipinski definition) is 2. The third-order valence-corrected chi connectivity index (χ3v) is 4.91. The number of thiazole rings is 1. The molecule has 0 saturated carbocycles. The molecule has 0 radical (unpaired) electrons. The highest BCUT2D eigenvalue weighted by Crippen LogP contribution is 2.33. The first-order valence-electron chi connectivity index (χ1n) is 7.22. The molecule has 0 atom stereocenters. The lowest BCUT2D eigenvalue weighted by Crippen LogP contribution is -1.97. The van der Waals surface area contributed by atoms with Gasteiger partial charge in [0, 0.05) is 19.0 Å². The molecule has 3 rings (SSSR count). The Bertz CT molecular complexity index is 958. The van der Waals surface area contributed by atoms with Gasteiger partial charge in [-0.3, -0.25) is 9.78 Å². The van der Waals surface area contributed by atoms with Crippen molar-refractivity contribution in [1.29, 1.82) is 0 Å². The lowest BCUT2D eigenvalue weighted by Gasteiger charge is -2.10. The SMILES string of the molecule is Cc1nn(C)c(Oc2cc(Cc3sc(=O)[nH]c3O)ccc2Cl)c1C. The van der Waals surface area contributed by atoms with Crippen LogP contribution in [0.2, 0.25) is 5.02 Å². The molecule has 0 amide bonds. The maximum Gasteiger partial charge on any atom is 0.307 e. The van der Waals surface area contributed by atoms with Crippen molar-refractivity contribution in [1.82, 2.24) is 14.8 Å². The zero-order valence-corrected chi connectivity index (χ0v) is 15.0. The third-order valence-electron chi connectivity index (χ3n) is 3.72. The number of ether oxygens (including phenoxy) is 1.